The molecule has 7 aromatic carbocycles. The maximum Gasteiger partial charge on any atom is 0.0540 e. The molecule has 0 spiro atoms. The standard InChI is InChI=1S/C40H27NS/c1-4-13-28(14-5-1)30-23-24-38(34(25-30)29-15-6-2-7-16-29)41(32-18-8-3-9-19-32)37-21-12-17-31-26-40-36(27-35(31)37)33-20-10-11-22-39(33)42-40/h1-27H. The molecule has 0 fully saturated rings. The third-order valence-corrected chi connectivity index (χ3v) is 9.17. The molecule has 0 radical (unpaired) electrons. The number of rotatable bonds is 5. The predicted octanol–water partition coefficient (Wildman–Crippen LogP) is 12.0. The summed E-state index contributed by atoms with van der Waals surface area (Å²) in [5.74, 6) is 0. The zero-order valence-corrected chi connectivity index (χ0v) is 23.8. The number of anilines is 3. The number of hydrogen-bond acceptors (Lipinski definition) is 2. The van der Waals surface area contributed by atoms with Crippen molar-refractivity contribution < 1.29 is 0 Å². The van der Waals surface area contributed by atoms with Crippen LogP contribution < -0.4 is 4.90 Å². The summed E-state index contributed by atoms with van der Waals surface area (Å²) in [5, 5.41) is 5.11. The van der Waals surface area contributed by atoms with Gasteiger partial charge in [-0.1, -0.05) is 115 Å². The Morgan fingerprint density at radius 3 is 1.86 bits per heavy atom. The van der Waals surface area contributed by atoms with E-state index >= 15 is 0 Å². The predicted molar refractivity (Wildman–Crippen MR) is 182 cm³/mol. The number of nitrogens with zero attached hydrogens (tertiary/aromatic N) is 1. The molecule has 0 saturated heterocycles. The fourth-order valence-electron chi connectivity index (χ4n) is 6.05. The average Bonchev–Trinajstić information content (AvgIpc) is 3.43. The minimum atomic E-state index is 1.13. The summed E-state index contributed by atoms with van der Waals surface area (Å²) in [6.07, 6.45) is 0. The van der Waals surface area contributed by atoms with Crippen LogP contribution in [-0.2, 0) is 0 Å². The largest absolute Gasteiger partial charge is 0.309 e. The second-order valence-electron chi connectivity index (χ2n) is 10.6. The van der Waals surface area contributed by atoms with E-state index in [1.807, 2.05) is 11.3 Å². The number of hydrogen-bond donors (Lipinski definition) is 0. The van der Waals surface area contributed by atoms with Crippen molar-refractivity contribution in [2.24, 2.45) is 0 Å². The highest BCUT2D eigenvalue weighted by molar-refractivity contribution is 7.25. The fraction of sp³-hybridized carbons (Fsp3) is 0. The molecule has 0 aliphatic heterocycles. The maximum absolute atomic E-state index is 2.43. The van der Waals surface area contributed by atoms with E-state index in [4.69, 9.17) is 0 Å². The quantitative estimate of drug-likeness (QED) is 0.205. The highest BCUT2D eigenvalue weighted by Gasteiger charge is 2.20. The van der Waals surface area contributed by atoms with Crippen LogP contribution in [0.3, 0.4) is 0 Å². The van der Waals surface area contributed by atoms with Crippen LogP contribution in [0.4, 0.5) is 17.1 Å². The van der Waals surface area contributed by atoms with E-state index in [1.54, 1.807) is 0 Å². The van der Waals surface area contributed by atoms with Gasteiger partial charge in [0, 0.05) is 36.8 Å². The van der Waals surface area contributed by atoms with Gasteiger partial charge in [0.15, 0.2) is 0 Å². The molecule has 8 aromatic rings. The number of para-hydroxylation sites is 1. The van der Waals surface area contributed by atoms with Crippen molar-refractivity contribution in [2.45, 2.75) is 0 Å². The van der Waals surface area contributed by atoms with Gasteiger partial charge in [-0.05, 0) is 70.6 Å². The van der Waals surface area contributed by atoms with Crippen LogP contribution in [0.1, 0.15) is 0 Å². The van der Waals surface area contributed by atoms with Crippen molar-refractivity contribution in [2.75, 3.05) is 4.90 Å². The first-order valence-corrected chi connectivity index (χ1v) is 15.1. The molecule has 8 rings (SSSR count). The lowest BCUT2D eigenvalue weighted by Crippen LogP contribution is -2.11. The van der Waals surface area contributed by atoms with E-state index in [9.17, 15) is 0 Å². The zero-order chi connectivity index (χ0) is 27.9. The molecule has 198 valence electrons. The highest BCUT2D eigenvalue weighted by atomic mass is 32.1. The van der Waals surface area contributed by atoms with E-state index in [0.717, 1.165) is 11.4 Å². The lowest BCUT2D eigenvalue weighted by Gasteiger charge is -2.29. The molecule has 0 saturated carbocycles. The van der Waals surface area contributed by atoms with Gasteiger partial charge in [-0.15, -0.1) is 11.3 Å². The van der Waals surface area contributed by atoms with Crippen molar-refractivity contribution >= 4 is 59.3 Å². The number of benzene rings is 7. The van der Waals surface area contributed by atoms with Crippen LogP contribution in [0.25, 0.3) is 53.2 Å². The first-order chi connectivity index (χ1) is 20.8. The third-order valence-electron chi connectivity index (χ3n) is 8.04. The molecule has 1 nitrogen and oxygen atoms in total. The van der Waals surface area contributed by atoms with E-state index in [1.165, 1.54) is 58.9 Å². The Hall–Kier alpha value is -5.18. The number of fused-ring (bicyclic) bond motifs is 4. The Morgan fingerprint density at radius 1 is 0.381 bits per heavy atom. The van der Waals surface area contributed by atoms with Gasteiger partial charge in [0.1, 0.15) is 0 Å². The van der Waals surface area contributed by atoms with E-state index in [2.05, 4.69) is 169 Å². The Bertz CT molecular complexity index is 2180. The van der Waals surface area contributed by atoms with Crippen LogP contribution in [0, 0.1) is 0 Å². The molecule has 1 aromatic heterocycles. The van der Waals surface area contributed by atoms with Gasteiger partial charge >= 0.3 is 0 Å². The molecular formula is C40H27NS. The molecule has 42 heavy (non-hydrogen) atoms. The smallest absolute Gasteiger partial charge is 0.0540 e. The average molecular weight is 554 g/mol. The summed E-state index contributed by atoms with van der Waals surface area (Å²) >= 11 is 1.87. The summed E-state index contributed by atoms with van der Waals surface area (Å²) in [6, 6.07) is 59.2. The van der Waals surface area contributed by atoms with Gasteiger partial charge in [-0.3, -0.25) is 0 Å². The van der Waals surface area contributed by atoms with Gasteiger partial charge in [0.2, 0.25) is 0 Å². The Kier molecular flexibility index (Phi) is 6.05. The van der Waals surface area contributed by atoms with Crippen molar-refractivity contribution in [1.29, 1.82) is 0 Å². The van der Waals surface area contributed by atoms with Crippen LogP contribution in [-0.4, -0.2) is 0 Å². The van der Waals surface area contributed by atoms with Crippen molar-refractivity contribution in [1.82, 2.24) is 0 Å². The minimum Gasteiger partial charge on any atom is -0.309 e. The Balaban J connectivity index is 1.42. The molecule has 0 aliphatic carbocycles. The van der Waals surface area contributed by atoms with Gasteiger partial charge in [-0.2, -0.15) is 0 Å². The molecule has 0 bridgehead atoms. The van der Waals surface area contributed by atoms with Crippen LogP contribution >= 0.6 is 11.3 Å². The fourth-order valence-corrected chi connectivity index (χ4v) is 7.19. The monoisotopic (exact) mass is 553 g/mol. The normalized spacial score (nSPS) is 11.3. The van der Waals surface area contributed by atoms with Gasteiger partial charge < -0.3 is 4.90 Å². The van der Waals surface area contributed by atoms with Gasteiger partial charge in [0.25, 0.3) is 0 Å². The Morgan fingerprint density at radius 2 is 1.07 bits per heavy atom. The maximum atomic E-state index is 2.43. The molecular weight excluding hydrogens is 527 g/mol. The topological polar surface area (TPSA) is 3.24 Å². The Labute approximate surface area is 249 Å². The van der Waals surface area contributed by atoms with Crippen LogP contribution in [0.2, 0.25) is 0 Å². The van der Waals surface area contributed by atoms with Gasteiger partial charge in [-0.25, -0.2) is 0 Å². The number of thiophene rings is 1. The lowest BCUT2D eigenvalue weighted by molar-refractivity contribution is 1.30. The zero-order valence-electron chi connectivity index (χ0n) is 22.9. The molecule has 0 aliphatic rings. The molecule has 0 N–H and O–H groups in total. The van der Waals surface area contributed by atoms with Crippen molar-refractivity contribution in [3.63, 3.8) is 0 Å². The van der Waals surface area contributed by atoms with Crippen LogP contribution in [0.15, 0.2) is 164 Å². The summed E-state index contributed by atoms with van der Waals surface area (Å²) in [6.45, 7) is 0. The van der Waals surface area contributed by atoms with E-state index < -0.39 is 0 Å². The van der Waals surface area contributed by atoms with E-state index in [-0.39, 0.29) is 0 Å². The first kappa shape index (κ1) is 24.6. The summed E-state index contributed by atoms with van der Waals surface area (Å²) in [5.41, 5.74) is 8.25. The second kappa shape index (κ2) is 10.3. The molecule has 0 amide bonds. The van der Waals surface area contributed by atoms with E-state index in [0.29, 0.717) is 0 Å². The summed E-state index contributed by atoms with van der Waals surface area (Å²) in [7, 11) is 0. The summed E-state index contributed by atoms with van der Waals surface area (Å²) in [4.78, 5) is 2.43. The minimum absolute atomic E-state index is 1.13. The van der Waals surface area contributed by atoms with Crippen molar-refractivity contribution in [3.8, 4) is 22.3 Å². The van der Waals surface area contributed by atoms with Gasteiger partial charge in [0.05, 0.1) is 11.4 Å². The highest BCUT2D eigenvalue weighted by Crippen LogP contribution is 2.46. The molecule has 1 heterocycles. The molecule has 0 unspecified atom stereocenters. The van der Waals surface area contributed by atoms with Crippen LogP contribution in [0.5, 0.6) is 0 Å². The SMILES string of the molecule is c1ccc(-c2ccc(N(c3ccccc3)c3cccc4cc5sc6ccccc6c5cc34)c(-c3ccccc3)c2)cc1. The lowest BCUT2D eigenvalue weighted by atomic mass is 9.95. The van der Waals surface area contributed by atoms with Crippen molar-refractivity contribution in [3.05, 3.63) is 164 Å². The third kappa shape index (κ3) is 4.25. The molecule has 0 atom stereocenters. The molecule has 2 heteroatoms. The summed E-state index contributed by atoms with van der Waals surface area (Å²) < 4.78 is 2.65. The first-order valence-electron chi connectivity index (χ1n) is 14.3. The second-order valence-corrected chi connectivity index (χ2v) is 11.7.